The second-order valence-corrected chi connectivity index (χ2v) is 19.1. The molecule has 19 heteroatoms. The van der Waals surface area contributed by atoms with Gasteiger partial charge in [0, 0.05) is 49.9 Å². The smallest absolute Gasteiger partial charge is 0.410 e. The van der Waals surface area contributed by atoms with Crippen molar-refractivity contribution in [3.05, 3.63) is 71.4 Å². The highest BCUT2D eigenvalue weighted by Gasteiger charge is 2.48. The van der Waals surface area contributed by atoms with Crippen molar-refractivity contribution in [1.29, 1.82) is 0 Å². The van der Waals surface area contributed by atoms with Crippen molar-refractivity contribution in [2.24, 2.45) is 0 Å². The van der Waals surface area contributed by atoms with E-state index in [9.17, 15) is 4.79 Å². The van der Waals surface area contributed by atoms with Crippen molar-refractivity contribution < 1.29 is 54.9 Å². The number of anilines is 3. The van der Waals surface area contributed by atoms with Crippen LogP contribution in [0, 0.1) is 0 Å². The molecule has 2 unspecified atom stereocenters. The molecule has 2 atom stereocenters. The number of alkyl halides is 2. The van der Waals surface area contributed by atoms with Crippen LogP contribution >= 0.6 is 0 Å². The van der Waals surface area contributed by atoms with E-state index in [0.717, 1.165) is 42.1 Å². The molecule has 3 aliphatic rings. The van der Waals surface area contributed by atoms with Crippen LogP contribution in [0.15, 0.2) is 64.0 Å². The Labute approximate surface area is 370 Å². The van der Waals surface area contributed by atoms with E-state index in [-0.39, 0.29) is 53.2 Å². The maximum Gasteiger partial charge on any atom is 0.410 e. The number of halogens is 2. The second kappa shape index (κ2) is 17.6. The molecule has 344 valence electrons. The average Bonchev–Trinajstić information content (AvgIpc) is 3.91. The number of methoxy groups -OCH3 is 4. The van der Waals surface area contributed by atoms with Crippen molar-refractivity contribution in [2.75, 3.05) is 57.8 Å². The minimum absolute atomic E-state index is 0.00427. The molecule has 0 spiro atoms. The molecular formula is C45H54F2N6O10S. The Hall–Kier alpha value is -5.82. The Kier molecular flexibility index (Phi) is 12.3. The summed E-state index contributed by atoms with van der Waals surface area (Å²) in [6.45, 7) is 4.87. The molecule has 1 saturated carbocycles. The number of likely N-dealkylation sites (tertiary alicyclic amines) is 1. The topological polar surface area (TPSA) is 169 Å². The van der Waals surface area contributed by atoms with Crippen molar-refractivity contribution in [2.45, 2.75) is 100 Å². The van der Waals surface area contributed by atoms with Gasteiger partial charge in [-0.15, -0.1) is 0 Å². The van der Waals surface area contributed by atoms with Gasteiger partial charge in [0.25, 0.3) is 15.9 Å². The van der Waals surface area contributed by atoms with Crippen LogP contribution in [-0.2, 0) is 26.0 Å². The van der Waals surface area contributed by atoms with Crippen LogP contribution in [0.4, 0.5) is 30.9 Å². The summed E-state index contributed by atoms with van der Waals surface area (Å²) >= 11 is 0. The number of nitrogens with zero attached hydrogens (tertiary/aromatic N) is 5. The van der Waals surface area contributed by atoms with Gasteiger partial charge in [0.15, 0.2) is 28.3 Å². The van der Waals surface area contributed by atoms with E-state index in [1.807, 2.05) is 10.7 Å². The first-order valence-corrected chi connectivity index (χ1v) is 22.7. The molecule has 8 rings (SSSR count). The normalized spacial score (nSPS) is 19.0. The number of benzene rings is 3. The Morgan fingerprint density at radius 1 is 0.938 bits per heavy atom. The Bertz CT molecular complexity index is 2580. The number of carbonyl (C=O) groups excluding carboxylic acids is 1. The molecular weight excluding hydrogens is 855 g/mol. The average molecular weight is 909 g/mol. The zero-order valence-electron chi connectivity index (χ0n) is 37.0. The third kappa shape index (κ3) is 9.09. The van der Waals surface area contributed by atoms with E-state index in [4.69, 9.17) is 38.0 Å². The highest BCUT2D eigenvalue weighted by molar-refractivity contribution is 7.93. The van der Waals surface area contributed by atoms with Gasteiger partial charge in [-0.1, -0.05) is 17.3 Å². The Morgan fingerprint density at radius 2 is 1.64 bits per heavy atom. The van der Waals surface area contributed by atoms with Gasteiger partial charge < -0.3 is 43.2 Å². The summed E-state index contributed by atoms with van der Waals surface area (Å²) in [6, 6.07) is 14.6. The van der Waals surface area contributed by atoms with Gasteiger partial charge in [0.05, 0.1) is 52.0 Å². The molecule has 1 N–H and O–H groups in total. The highest BCUT2D eigenvalue weighted by Crippen LogP contribution is 2.48. The van der Waals surface area contributed by atoms with Crippen LogP contribution in [0.1, 0.15) is 94.2 Å². The summed E-state index contributed by atoms with van der Waals surface area (Å²) < 4.78 is 105. The van der Waals surface area contributed by atoms with Gasteiger partial charge in [-0.05, 0) is 94.3 Å². The summed E-state index contributed by atoms with van der Waals surface area (Å²) in [5.41, 5.74) is 1.54. The second-order valence-electron chi connectivity index (χ2n) is 17.3. The third-order valence-corrected chi connectivity index (χ3v) is 13.5. The quantitative estimate of drug-likeness (QED) is 0.112. The van der Waals surface area contributed by atoms with Gasteiger partial charge in [-0.2, -0.15) is 5.10 Å². The summed E-state index contributed by atoms with van der Waals surface area (Å²) in [7, 11) is 0.738. The molecule has 4 heterocycles. The molecule has 5 aromatic rings. The number of hydrogen-bond acceptors (Lipinski definition) is 13. The van der Waals surface area contributed by atoms with E-state index in [2.05, 4.69) is 10.5 Å². The zero-order valence-corrected chi connectivity index (χ0v) is 37.8. The maximum absolute atomic E-state index is 15.8. The van der Waals surface area contributed by atoms with Gasteiger partial charge >= 0.3 is 6.09 Å². The number of carbonyl (C=O) groups is 1. The van der Waals surface area contributed by atoms with Crippen LogP contribution in [0.3, 0.4) is 0 Å². The third-order valence-electron chi connectivity index (χ3n) is 11.7. The molecule has 1 aliphatic carbocycles. The van der Waals surface area contributed by atoms with E-state index in [0.29, 0.717) is 41.1 Å². The molecule has 2 aliphatic heterocycles. The standard InChI is InChI=1S/C45H54F2N6O10S/c1-44(2,3)62-43(54)51-18-17-45(46,47)32(26-51)29-20-37(59-6)41(38(21-29)60-7)64(55,56)52(25-27-11-15-30(57-4)16-12-27)42-31-22-36(58-5)33(23-35(31)63-50-42)48-39-24-34(28-13-14-28)53(49-39)40-10-8-9-19-61-40/h11-12,15-16,20-24,28,32,40H,8-10,13-14,17-19,25-26H2,1-7H3,(H,48,49). The first kappa shape index (κ1) is 44.8. The molecule has 2 saturated heterocycles. The lowest BCUT2D eigenvalue weighted by Crippen LogP contribution is -2.49. The SMILES string of the molecule is COc1ccc(CN(c2noc3cc(Nc4cc(C5CC5)n(C5CCCCO5)n4)c(OC)cc23)S(=O)(=O)c2c(OC)cc(C3CN(C(=O)OC(C)(C)C)CCC3(F)F)cc2OC)cc1. The molecule has 64 heavy (non-hydrogen) atoms. The van der Waals surface area contributed by atoms with Gasteiger partial charge in [-0.25, -0.2) is 31.0 Å². The number of amides is 1. The number of nitrogens with one attached hydrogen (secondary N) is 1. The summed E-state index contributed by atoms with van der Waals surface area (Å²) in [6.07, 6.45) is 3.59. The lowest BCUT2D eigenvalue weighted by Gasteiger charge is -2.39. The van der Waals surface area contributed by atoms with Crippen LogP contribution in [0.2, 0.25) is 0 Å². The van der Waals surface area contributed by atoms with Crippen LogP contribution in [0.25, 0.3) is 11.0 Å². The number of fused-ring (bicyclic) bond motifs is 1. The summed E-state index contributed by atoms with van der Waals surface area (Å²) in [5, 5.41) is 12.9. The minimum Gasteiger partial charge on any atom is -0.497 e. The van der Waals surface area contributed by atoms with Crippen molar-refractivity contribution >= 4 is 44.4 Å². The molecule has 0 bridgehead atoms. The first-order chi connectivity index (χ1) is 30.5. The van der Waals surface area contributed by atoms with E-state index < -0.39 is 51.4 Å². The van der Waals surface area contributed by atoms with Crippen LogP contribution in [0.5, 0.6) is 23.0 Å². The molecule has 3 fully saturated rings. The number of sulfonamides is 1. The fourth-order valence-electron chi connectivity index (χ4n) is 8.22. The molecule has 16 nitrogen and oxygen atoms in total. The van der Waals surface area contributed by atoms with Gasteiger partial charge in [0.1, 0.15) is 28.6 Å². The van der Waals surface area contributed by atoms with E-state index >= 15 is 17.2 Å². The summed E-state index contributed by atoms with van der Waals surface area (Å²) in [5.74, 6) is -3.54. The predicted molar refractivity (Wildman–Crippen MR) is 233 cm³/mol. The van der Waals surface area contributed by atoms with Crippen LogP contribution in [-0.4, -0.2) is 94.0 Å². The lowest BCUT2D eigenvalue weighted by molar-refractivity contribution is -0.0771. The fourth-order valence-corrected chi connectivity index (χ4v) is 9.91. The molecule has 1 amide bonds. The number of hydrogen-bond donors (Lipinski definition) is 1. The fraction of sp³-hybridized carbons (Fsp3) is 0.489. The Balaban J connectivity index is 1.18. The maximum atomic E-state index is 15.8. The van der Waals surface area contributed by atoms with Gasteiger partial charge in [0.2, 0.25) is 0 Å². The minimum atomic E-state index is -4.75. The monoisotopic (exact) mass is 908 g/mol. The zero-order chi connectivity index (χ0) is 45.6. The summed E-state index contributed by atoms with van der Waals surface area (Å²) in [4.78, 5) is 13.8. The lowest BCUT2D eigenvalue weighted by atomic mass is 9.87. The number of piperidine rings is 1. The Morgan fingerprint density at radius 3 is 2.25 bits per heavy atom. The number of aromatic nitrogens is 3. The van der Waals surface area contributed by atoms with Crippen molar-refractivity contribution in [1.82, 2.24) is 19.8 Å². The van der Waals surface area contributed by atoms with E-state index in [1.54, 1.807) is 57.2 Å². The van der Waals surface area contributed by atoms with Crippen molar-refractivity contribution in [3.63, 3.8) is 0 Å². The molecule has 3 aromatic carbocycles. The highest BCUT2D eigenvalue weighted by atomic mass is 32.2. The molecule has 2 aromatic heterocycles. The first-order valence-electron chi connectivity index (χ1n) is 21.3. The number of ether oxygens (including phenoxy) is 6. The van der Waals surface area contributed by atoms with E-state index in [1.165, 1.54) is 45.5 Å². The largest absolute Gasteiger partial charge is 0.497 e. The molecule has 0 radical (unpaired) electrons. The van der Waals surface area contributed by atoms with Crippen LogP contribution < -0.4 is 28.6 Å². The van der Waals surface area contributed by atoms with Crippen molar-refractivity contribution in [3.8, 4) is 23.0 Å². The van der Waals surface area contributed by atoms with Gasteiger partial charge in [-0.3, -0.25) is 0 Å². The predicted octanol–water partition coefficient (Wildman–Crippen LogP) is 9.13. The number of rotatable bonds is 14.